The summed E-state index contributed by atoms with van der Waals surface area (Å²) in [4.78, 5) is 10.1. The van der Waals surface area contributed by atoms with E-state index in [1.54, 1.807) is 12.5 Å². The second-order valence-electron chi connectivity index (χ2n) is 3.26. The van der Waals surface area contributed by atoms with Crippen LogP contribution in [0, 0.1) is 0 Å². The minimum Gasteiger partial charge on any atom is -0.360 e. The summed E-state index contributed by atoms with van der Waals surface area (Å²) < 4.78 is 0. The standard InChI is InChI=1S/C9H16N4/c1-8(10)4-6-13(2)9-3-5-11-7-12-9/h3,5,7-8H,4,6,10H2,1-2H3. The molecule has 1 rings (SSSR count). The molecule has 0 aliphatic heterocycles. The first-order valence-electron chi connectivity index (χ1n) is 4.43. The highest BCUT2D eigenvalue weighted by Crippen LogP contribution is 2.05. The van der Waals surface area contributed by atoms with Gasteiger partial charge < -0.3 is 10.6 Å². The average Bonchev–Trinajstić information content (AvgIpc) is 2.15. The van der Waals surface area contributed by atoms with Crippen molar-refractivity contribution in [2.75, 3.05) is 18.5 Å². The van der Waals surface area contributed by atoms with Gasteiger partial charge >= 0.3 is 0 Å². The Bertz CT molecular complexity index is 235. The van der Waals surface area contributed by atoms with Crippen molar-refractivity contribution >= 4 is 5.82 Å². The fourth-order valence-electron chi connectivity index (χ4n) is 1.02. The Labute approximate surface area is 78.8 Å². The molecule has 0 aliphatic carbocycles. The zero-order valence-electron chi connectivity index (χ0n) is 8.14. The number of anilines is 1. The highest BCUT2D eigenvalue weighted by atomic mass is 15.2. The summed E-state index contributed by atoms with van der Waals surface area (Å²) in [6.07, 6.45) is 4.27. The molecule has 72 valence electrons. The molecule has 1 aromatic heterocycles. The minimum absolute atomic E-state index is 0.240. The number of aromatic nitrogens is 2. The van der Waals surface area contributed by atoms with E-state index in [4.69, 9.17) is 5.73 Å². The lowest BCUT2D eigenvalue weighted by molar-refractivity contribution is 0.656. The van der Waals surface area contributed by atoms with E-state index >= 15 is 0 Å². The van der Waals surface area contributed by atoms with Gasteiger partial charge in [0, 0.05) is 25.8 Å². The van der Waals surface area contributed by atoms with E-state index in [-0.39, 0.29) is 6.04 Å². The summed E-state index contributed by atoms with van der Waals surface area (Å²) in [6.45, 7) is 2.93. The van der Waals surface area contributed by atoms with E-state index in [9.17, 15) is 0 Å². The van der Waals surface area contributed by atoms with Crippen LogP contribution in [0.5, 0.6) is 0 Å². The third kappa shape index (κ3) is 3.38. The van der Waals surface area contributed by atoms with Crippen LogP contribution in [0.4, 0.5) is 5.82 Å². The van der Waals surface area contributed by atoms with Gasteiger partial charge in [-0.2, -0.15) is 0 Å². The van der Waals surface area contributed by atoms with Crippen LogP contribution in [0.3, 0.4) is 0 Å². The summed E-state index contributed by atoms with van der Waals surface area (Å²) in [5.41, 5.74) is 5.66. The molecule has 0 radical (unpaired) electrons. The van der Waals surface area contributed by atoms with Gasteiger partial charge in [-0.15, -0.1) is 0 Å². The fraction of sp³-hybridized carbons (Fsp3) is 0.556. The molecule has 0 saturated carbocycles. The topological polar surface area (TPSA) is 55.0 Å². The molecule has 0 fully saturated rings. The third-order valence-corrected chi connectivity index (χ3v) is 1.88. The third-order valence-electron chi connectivity index (χ3n) is 1.88. The number of nitrogens with two attached hydrogens (primary N) is 1. The Morgan fingerprint density at radius 2 is 2.38 bits per heavy atom. The van der Waals surface area contributed by atoms with E-state index < -0.39 is 0 Å². The molecule has 4 nitrogen and oxygen atoms in total. The van der Waals surface area contributed by atoms with Crippen molar-refractivity contribution in [2.45, 2.75) is 19.4 Å². The van der Waals surface area contributed by atoms with Gasteiger partial charge in [0.15, 0.2) is 0 Å². The Morgan fingerprint density at radius 3 is 2.92 bits per heavy atom. The monoisotopic (exact) mass is 180 g/mol. The molecule has 2 N–H and O–H groups in total. The number of rotatable bonds is 4. The maximum atomic E-state index is 5.66. The van der Waals surface area contributed by atoms with Gasteiger partial charge in [0.25, 0.3) is 0 Å². The SMILES string of the molecule is CC(N)CCN(C)c1ccncn1. The molecular formula is C9H16N4. The van der Waals surface area contributed by atoms with Gasteiger partial charge in [0.05, 0.1) is 0 Å². The second-order valence-corrected chi connectivity index (χ2v) is 3.26. The van der Waals surface area contributed by atoms with Gasteiger partial charge in [0.1, 0.15) is 12.1 Å². The lowest BCUT2D eigenvalue weighted by atomic mass is 10.2. The van der Waals surface area contributed by atoms with Crippen molar-refractivity contribution in [1.29, 1.82) is 0 Å². The number of hydrogen-bond donors (Lipinski definition) is 1. The Morgan fingerprint density at radius 1 is 1.62 bits per heavy atom. The highest BCUT2D eigenvalue weighted by molar-refractivity contribution is 5.34. The van der Waals surface area contributed by atoms with Gasteiger partial charge in [-0.05, 0) is 19.4 Å². The molecule has 13 heavy (non-hydrogen) atoms. The predicted molar refractivity (Wildman–Crippen MR) is 53.6 cm³/mol. The maximum absolute atomic E-state index is 5.66. The van der Waals surface area contributed by atoms with E-state index in [1.807, 2.05) is 20.0 Å². The lowest BCUT2D eigenvalue weighted by Gasteiger charge is -2.18. The highest BCUT2D eigenvalue weighted by Gasteiger charge is 2.02. The van der Waals surface area contributed by atoms with Crippen molar-refractivity contribution in [3.05, 3.63) is 18.6 Å². The predicted octanol–water partition coefficient (Wildman–Crippen LogP) is 0.650. The fourth-order valence-corrected chi connectivity index (χ4v) is 1.02. The van der Waals surface area contributed by atoms with Crippen molar-refractivity contribution in [3.63, 3.8) is 0 Å². The zero-order valence-corrected chi connectivity index (χ0v) is 8.14. The molecule has 1 atom stereocenters. The molecule has 0 aliphatic rings. The maximum Gasteiger partial charge on any atom is 0.131 e. The summed E-state index contributed by atoms with van der Waals surface area (Å²) in [5, 5.41) is 0. The van der Waals surface area contributed by atoms with Gasteiger partial charge in [-0.25, -0.2) is 9.97 Å². The zero-order chi connectivity index (χ0) is 9.68. The molecule has 1 aromatic rings. The Kier molecular flexibility index (Phi) is 3.64. The smallest absolute Gasteiger partial charge is 0.131 e. The Hall–Kier alpha value is -1.16. The minimum atomic E-state index is 0.240. The molecule has 0 bridgehead atoms. The van der Waals surface area contributed by atoms with E-state index in [0.29, 0.717) is 0 Å². The first kappa shape index (κ1) is 9.92. The van der Waals surface area contributed by atoms with E-state index in [0.717, 1.165) is 18.8 Å². The molecular weight excluding hydrogens is 164 g/mol. The Balaban J connectivity index is 2.44. The second kappa shape index (κ2) is 4.77. The number of nitrogens with zero attached hydrogens (tertiary/aromatic N) is 3. The van der Waals surface area contributed by atoms with Crippen molar-refractivity contribution < 1.29 is 0 Å². The van der Waals surface area contributed by atoms with Crippen LogP contribution in [0.2, 0.25) is 0 Å². The molecule has 4 heteroatoms. The van der Waals surface area contributed by atoms with Crippen LogP contribution in [0.1, 0.15) is 13.3 Å². The normalized spacial score (nSPS) is 12.5. The largest absolute Gasteiger partial charge is 0.360 e. The van der Waals surface area contributed by atoms with Gasteiger partial charge in [-0.1, -0.05) is 0 Å². The van der Waals surface area contributed by atoms with Crippen LogP contribution in [0.25, 0.3) is 0 Å². The van der Waals surface area contributed by atoms with Crippen molar-refractivity contribution in [1.82, 2.24) is 9.97 Å². The number of hydrogen-bond acceptors (Lipinski definition) is 4. The van der Waals surface area contributed by atoms with E-state index in [2.05, 4.69) is 14.9 Å². The lowest BCUT2D eigenvalue weighted by Crippen LogP contribution is -2.26. The first-order chi connectivity index (χ1) is 6.20. The van der Waals surface area contributed by atoms with Gasteiger partial charge in [-0.3, -0.25) is 0 Å². The molecule has 0 amide bonds. The molecule has 0 saturated heterocycles. The molecule has 0 spiro atoms. The summed E-state index contributed by atoms with van der Waals surface area (Å²) in [7, 11) is 2.00. The summed E-state index contributed by atoms with van der Waals surface area (Å²) in [6, 6.07) is 2.13. The quantitative estimate of drug-likeness (QED) is 0.739. The molecule has 0 aromatic carbocycles. The molecule has 1 heterocycles. The van der Waals surface area contributed by atoms with Crippen LogP contribution in [-0.4, -0.2) is 29.6 Å². The van der Waals surface area contributed by atoms with Crippen LogP contribution in [0.15, 0.2) is 18.6 Å². The van der Waals surface area contributed by atoms with Crippen LogP contribution >= 0.6 is 0 Å². The molecule has 1 unspecified atom stereocenters. The first-order valence-corrected chi connectivity index (χ1v) is 4.43. The van der Waals surface area contributed by atoms with E-state index in [1.165, 1.54) is 0 Å². The van der Waals surface area contributed by atoms with Crippen molar-refractivity contribution in [3.8, 4) is 0 Å². The average molecular weight is 180 g/mol. The summed E-state index contributed by atoms with van der Waals surface area (Å²) in [5.74, 6) is 0.940. The van der Waals surface area contributed by atoms with Crippen LogP contribution < -0.4 is 10.6 Å². The van der Waals surface area contributed by atoms with Crippen molar-refractivity contribution in [2.24, 2.45) is 5.73 Å². The van der Waals surface area contributed by atoms with Crippen LogP contribution in [-0.2, 0) is 0 Å². The summed E-state index contributed by atoms with van der Waals surface area (Å²) >= 11 is 0. The van der Waals surface area contributed by atoms with Gasteiger partial charge in [0.2, 0.25) is 0 Å².